The summed E-state index contributed by atoms with van der Waals surface area (Å²) in [7, 11) is -2.74. The SMILES string of the molecule is CN(Cc1ccco1)S(=O)(=O)c1cc(Cl)cc(N)c1F. The third kappa shape index (κ3) is 2.79. The average Bonchev–Trinajstić information content (AvgIpc) is 2.86. The molecule has 0 radical (unpaired) electrons. The lowest BCUT2D eigenvalue weighted by molar-refractivity contribution is 0.404. The monoisotopic (exact) mass is 318 g/mol. The minimum atomic E-state index is -4.06. The number of hydrogen-bond acceptors (Lipinski definition) is 4. The molecule has 0 atom stereocenters. The fraction of sp³-hybridized carbons (Fsp3) is 0.167. The van der Waals surface area contributed by atoms with Crippen LogP contribution in [0.25, 0.3) is 0 Å². The number of nitrogens with zero attached hydrogens (tertiary/aromatic N) is 1. The van der Waals surface area contributed by atoms with Crippen molar-refractivity contribution in [2.24, 2.45) is 0 Å². The van der Waals surface area contributed by atoms with Crippen LogP contribution >= 0.6 is 11.6 Å². The molecular formula is C12H12ClFN2O3S. The summed E-state index contributed by atoms with van der Waals surface area (Å²) in [4.78, 5) is -0.559. The van der Waals surface area contributed by atoms with Gasteiger partial charge in [0.25, 0.3) is 0 Å². The van der Waals surface area contributed by atoms with E-state index in [0.29, 0.717) is 5.76 Å². The number of nitrogen functional groups attached to an aromatic ring is 1. The Morgan fingerprint density at radius 2 is 2.15 bits per heavy atom. The van der Waals surface area contributed by atoms with Crippen LogP contribution in [0.4, 0.5) is 10.1 Å². The Hall–Kier alpha value is -1.57. The van der Waals surface area contributed by atoms with Crippen molar-refractivity contribution in [2.45, 2.75) is 11.4 Å². The normalized spacial score (nSPS) is 12.0. The van der Waals surface area contributed by atoms with E-state index < -0.39 is 20.7 Å². The van der Waals surface area contributed by atoms with Gasteiger partial charge in [-0.1, -0.05) is 11.6 Å². The van der Waals surface area contributed by atoms with E-state index in [0.717, 1.165) is 16.4 Å². The van der Waals surface area contributed by atoms with Gasteiger partial charge in [0.05, 0.1) is 18.5 Å². The number of hydrogen-bond donors (Lipinski definition) is 1. The van der Waals surface area contributed by atoms with Gasteiger partial charge in [-0.15, -0.1) is 0 Å². The van der Waals surface area contributed by atoms with E-state index in [2.05, 4.69) is 0 Å². The zero-order chi connectivity index (χ0) is 14.9. The standard InChI is InChI=1S/C12H12ClFN2O3S/c1-16(7-9-3-2-4-19-9)20(17,18)11-6-8(13)5-10(15)12(11)14/h2-6H,7,15H2,1H3. The Morgan fingerprint density at radius 1 is 1.45 bits per heavy atom. The summed E-state index contributed by atoms with van der Waals surface area (Å²) in [6.45, 7) is -0.0266. The molecule has 1 heterocycles. The summed E-state index contributed by atoms with van der Waals surface area (Å²) in [6.07, 6.45) is 1.42. The lowest BCUT2D eigenvalue weighted by Crippen LogP contribution is -2.27. The molecule has 2 aromatic rings. The van der Waals surface area contributed by atoms with Gasteiger partial charge >= 0.3 is 0 Å². The number of benzene rings is 1. The van der Waals surface area contributed by atoms with Crippen LogP contribution in [0.2, 0.25) is 5.02 Å². The van der Waals surface area contributed by atoms with Gasteiger partial charge in [0.15, 0.2) is 5.82 Å². The fourth-order valence-corrected chi connectivity index (χ4v) is 3.19. The molecule has 0 fully saturated rings. The molecule has 108 valence electrons. The molecule has 0 saturated heterocycles. The predicted molar refractivity (Wildman–Crippen MR) is 73.2 cm³/mol. The van der Waals surface area contributed by atoms with E-state index >= 15 is 0 Å². The van der Waals surface area contributed by atoms with Crippen molar-refractivity contribution in [3.05, 3.63) is 47.1 Å². The van der Waals surface area contributed by atoms with Gasteiger partial charge in [-0.3, -0.25) is 0 Å². The van der Waals surface area contributed by atoms with E-state index in [1.807, 2.05) is 0 Å². The molecule has 0 saturated carbocycles. The molecule has 0 spiro atoms. The van der Waals surface area contributed by atoms with Crippen LogP contribution < -0.4 is 5.73 Å². The summed E-state index contributed by atoms with van der Waals surface area (Å²) in [5, 5.41) is 0.0499. The smallest absolute Gasteiger partial charge is 0.246 e. The minimum absolute atomic E-state index is 0.0266. The van der Waals surface area contributed by atoms with Crippen LogP contribution in [0.1, 0.15) is 5.76 Å². The molecule has 2 rings (SSSR count). The first-order valence-corrected chi connectivity index (χ1v) is 7.37. The van der Waals surface area contributed by atoms with Crippen LogP contribution in [0.3, 0.4) is 0 Å². The molecule has 5 nitrogen and oxygen atoms in total. The molecule has 0 bridgehead atoms. The van der Waals surface area contributed by atoms with Crippen molar-refractivity contribution in [3.63, 3.8) is 0 Å². The van der Waals surface area contributed by atoms with Crippen molar-refractivity contribution in [1.82, 2.24) is 4.31 Å². The van der Waals surface area contributed by atoms with Gasteiger partial charge in [0, 0.05) is 12.1 Å². The van der Waals surface area contributed by atoms with Gasteiger partial charge in [-0.05, 0) is 24.3 Å². The molecule has 0 aliphatic rings. The topological polar surface area (TPSA) is 76.5 Å². The highest BCUT2D eigenvalue weighted by atomic mass is 35.5. The lowest BCUT2D eigenvalue weighted by Gasteiger charge is -2.17. The summed E-state index contributed by atoms with van der Waals surface area (Å²) in [5.74, 6) is -0.577. The number of furan rings is 1. The molecule has 0 unspecified atom stereocenters. The van der Waals surface area contributed by atoms with Gasteiger partial charge in [0.2, 0.25) is 10.0 Å². The first-order chi connectivity index (χ1) is 9.32. The predicted octanol–water partition coefficient (Wildman–Crippen LogP) is 2.48. The first-order valence-electron chi connectivity index (χ1n) is 5.55. The summed E-state index contributed by atoms with van der Waals surface area (Å²) in [6, 6.07) is 5.44. The first kappa shape index (κ1) is 14.8. The summed E-state index contributed by atoms with van der Waals surface area (Å²) >= 11 is 5.73. The van der Waals surface area contributed by atoms with Crippen molar-refractivity contribution in [2.75, 3.05) is 12.8 Å². The molecule has 1 aromatic carbocycles. The molecular weight excluding hydrogens is 307 g/mol. The van der Waals surface area contributed by atoms with E-state index in [1.54, 1.807) is 12.1 Å². The number of rotatable bonds is 4. The van der Waals surface area contributed by atoms with Crippen LogP contribution in [-0.2, 0) is 16.6 Å². The molecule has 20 heavy (non-hydrogen) atoms. The van der Waals surface area contributed by atoms with Crippen LogP contribution in [-0.4, -0.2) is 19.8 Å². The maximum Gasteiger partial charge on any atom is 0.246 e. The second-order valence-corrected chi connectivity index (χ2v) is 6.60. The second-order valence-electron chi connectivity index (χ2n) is 4.15. The highest BCUT2D eigenvalue weighted by Gasteiger charge is 2.27. The van der Waals surface area contributed by atoms with Crippen LogP contribution in [0.5, 0.6) is 0 Å². The van der Waals surface area contributed by atoms with Gasteiger partial charge in [-0.2, -0.15) is 4.31 Å². The Morgan fingerprint density at radius 3 is 2.75 bits per heavy atom. The molecule has 0 aliphatic carbocycles. The maximum absolute atomic E-state index is 13.9. The third-order valence-corrected chi connectivity index (χ3v) is 4.70. The number of sulfonamides is 1. The van der Waals surface area contributed by atoms with E-state index in [1.165, 1.54) is 13.3 Å². The highest BCUT2D eigenvalue weighted by Crippen LogP contribution is 2.27. The Kier molecular flexibility index (Phi) is 4.03. The van der Waals surface area contributed by atoms with E-state index in [4.69, 9.17) is 21.8 Å². The summed E-state index contributed by atoms with van der Waals surface area (Å²) < 4.78 is 44.6. The molecule has 0 amide bonds. The van der Waals surface area contributed by atoms with E-state index in [-0.39, 0.29) is 17.3 Å². The minimum Gasteiger partial charge on any atom is -0.468 e. The zero-order valence-electron chi connectivity index (χ0n) is 10.5. The Labute approximate surface area is 120 Å². The van der Waals surface area contributed by atoms with Crippen LogP contribution in [0, 0.1) is 5.82 Å². The largest absolute Gasteiger partial charge is 0.468 e. The van der Waals surface area contributed by atoms with Gasteiger partial charge in [-0.25, -0.2) is 12.8 Å². The van der Waals surface area contributed by atoms with Gasteiger partial charge < -0.3 is 10.2 Å². The molecule has 1 aromatic heterocycles. The third-order valence-electron chi connectivity index (χ3n) is 2.68. The number of halogens is 2. The van der Waals surface area contributed by atoms with Crippen molar-refractivity contribution in [3.8, 4) is 0 Å². The molecule has 8 heteroatoms. The van der Waals surface area contributed by atoms with E-state index in [9.17, 15) is 12.8 Å². The lowest BCUT2D eigenvalue weighted by atomic mass is 10.3. The highest BCUT2D eigenvalue weighted by molar-refractivity contribution is 7.89. The van der Waals surface area contributed by atoms with Crippen LogP contribution in [0.15, 0.2) is 39.8 Å². The van der Waals surface area contributed by atoms with Crippen molar-refractivity contribution >= 4 is 27.3 Å². The molecule has 0 aliphatic heterocycles. The zero-order valence-corrected chi connectivity index (χ0v) is 12.1. The molecule has 2 N–H and O–H groups in total. The second kappa shape index (κ2) is 5.43. The number of anilines is 1. The average molecular weight is 319 g/mol. The Balaban J connectivity index is 2.40. The summed E-state index contributed by atoms with van der Waals surface area (Å²) in [5.41, 5.74) is 5.08. The quantitative estimate of drug-likeness (QED) is 0.879. The maximum atomic E-state index is 13.9. The fourth-order valence-electron chi connectivity index (χ4n) is 1.65. The van der Waals surface area contributed by atoms with Crippen molar-refractivity contribution in [1.29, 1.82) is 0 Å². The number of nitrogens with two attached hydrogens (primary N) is 1. The Bertz CT molecular complexity index is 717. The van der Waals surface area contributed by atoms with Crippen molar-refractivity contribution < 1.29 is 17.2 Å². The van der Waals surface area contributed by atoms with Gasteiger partial charge in [0.1, 0.15) is 10.7 Å².